The first-order chi connectivity index (χ1) is 6.22. The van der Waals surface area contributed by atoms with Crippen molar-refractivity contribution in [2.45, 2.75) is 63.6 Å². The summed E-state index contributed by atoms with van der Waals surface area (Å²) in [5.41, 5.74) is 0. The van der Waals surface area contributed by atoms with Crippen LogP contribution in [0.25, 0.3) is 0 Å². The average Bonchev–Trinajstić information content (AvgIpc) is 2.30. The highest BCUT2D eigenvalue weighted by Crippen LogP contribution is 2.32. The van der Waals surface area contributed by atoms with E-state index in [1.807, 2.05) is 0 Å². The van der Waals surface area contributed by atoms with Gasteiger partial charge in [-0.3, -0.25) is 0 Å². The molecule has 13 heavy (non-hydrogen) atoms. The number of rotatable bonds is 3. The van der Waals surface area contributed by atoms with Gasteiger partial charge < -0.3 is 0 Å². The van der Waals surface area contributed by atoms with Crippen molar-refractivity contribution in [3.63, 3.8) is 0 Å². The Morgan fingerprint density at radius 1 is 1.31 bits per heavy atom. The van der Waals surface area contributed by atoms with Gasteiger partial charge in [0, 0.05) is 4.83 Å². The van der Waals surface area contributed by atoms with Crippen LogP contribution in [0.3, 0.4) is 0 Å². The van der Waals surface area contributed by atoms with Crippen molar-refractivity contribution in [2.75, 3.05) is 0 Å². The molecule has 1 saturated carbocycles. The third kappa shape index (κ3) is 4.49. The molecule has 0 aromatic rings. The Balaban J connectivity index is 2.30. The molecule has 3 atom stereocenters. The molecule has 1 rings (SSSR count). The molecule has 0 nitrogen and oxygen atoms in total. The van der Waals surface area contributed by atoms with Crippen LogP contribution in [0.2, 0.25) is 0 Å². The van der Waals surface area contributed by atoms with Gasteiger partial charge in [-0.1, -0.05) is 55.5 Å². The molecule has 0 aromatic heterocycles. The predicted octanol–water partition coefficient (Wildman–Crippen LogP) is 4.77. The van der Waals surface area contributed by atoms with Crippen molar-refractivity contribution in [1.29, 1.82) is 0 Å². The Morgan fingerprint density at radius 3 is 2.69 bits per heavy atom. The molecule has 0 amide bonds. The first-order valence-corrected chi connectivity index (χ1v) is 6.78. The Hall–Kier alpha value is 0.480. The zero-order valence-electron chi connectivity index (χ0n) is 9.06. The van der Waals surface area contributed by atoms with Crippen LogP contribution in [-0.4, -0.2) is 4.83 Å². The smallest absolute Gasteiger partial charge is 0.0148 e. The molecule has 1 aliphatic carbocycles. The molecule has 0 heterocycles. The van der Waals surface area contributed by atoms with Gasteiger partial charge in [-0.05, 0) is 31.1 Å². The van der Waals surface area contributed by atoms with Gasteiger partial charge in [0.25, 0.3) is 0 Å². The second kappa shape index (κ2) is 6.06. The second-order valence-corrected chi connectivity index (χ2v) is 6.03. The van der Waals surface area contributed by atoms with E-state index in [1.54, 1.807) is 0 Å². The fraction of sp³-hybridized carbons (Fsp3) is 1.00. The topological polar surface area (TPSA) is 0 Å². The number of hydrogen-bond acceptors (Lipinski definition) is 0. The lowest BCUT2D eigenvalue weighted by Crippen LogP contribution is -2.09. The maximum Gasteiger partial charge on any atom is 0.0148 e. The molecule has 78 valence electrons. The second-order valence-electron chi connectivity index (χ2n) is 4.73. The van der Waals surface area contributed by atoms with Gasteiger partial charge in [0.1, 0.15) is 0 Å². The molecular weight excluding hydrogens is 224 g/mol. The lowest BCUT2D eigenvalue weighted by atomic mass is 9.89. The maximum absolute atomic E-state index is 3.79. The first kappa shape index (κ1) is 11.6. The highest BCUT2D eigenvalue weighted by atomic mass is 79.9. The summed E-state index contributed by atoms with van der Waals surface area (Å²) in [5.74, 6) is 1.93. The molecule has 0 spiro atoms. The van der Waals surface area contributed by atoms with E-state index in [4.69, 9.17) is 0 Å². The number of halogens is 1. The van der Waals surface area contributed by atoms with Crippen LogP contribution in [0.15, 0.2) is 0 Å². The summed E-state index contributed by atoms with van der Waals surface area (Å²) < 4.78 is 0. The third-order valence-corrected chi connectivity index (χ3v) is 4.23. The van der Waals surface area contributed by atoms with Crippen LogP contribution < -0.4 is 0 Å². The minimum Gasteiger partial charge on any atom is -0.0891 e. The van der Waals surface area contributed by atoms with Gasteiger partial charge in [0.2, 0.25) is 0 Å². The SMILES string of the molecule is CCC(C)CC1CCCCC(Br)C1. The Kier molecular flexibility index (Phi) is 5.38. The van der Waals surface area contributed by atoms with Crippen LogP contribution in [0.5, 0.6) is 0 Å². The minimum absolute atomic E-state index is 0.809. The van der Waals surface area contributed by atoms with Crippen LogP contribution in [0.4, 0.5) is 0 Å². The fourth-order valence-electron chi connectivity index (χ4n) is 2.35. The van der Waals surface area contributed by atoms with E-state index in [0.29, 0.717) is 0 Å². The van der Waals surface area contributed by atoms with E-state index in [0.717, 1.165) is 16.7 Å². The lowest BCUT2D eigenvalue weighted by molar-refractivity contribution is 0.352. The van der Waals surface area contributed by atoms with Crippen molar-refractivity contribution < 1.29 is 0 Å². The van der Waals surface area contributed by atoms with Crippen LogP contribution in [0.1, 0.15) is 58.8 Å². The van der Waals surface area contributed by atoms with Gasteiger partial charge in [-0.2, -0.15) is 0 Å². The summed E-state index contributed by atoms with van der Waals surface area (Å²) >= 11 is 3.79. The van der Waals surface area contributed by atoms with Crippen molar-refractivity contribution in [2.24, 2.45) is 11.8 Å². The summed E-state index contributed by atoms with van der Waals surface area (Å²) in [6.45, 7) is 4.71. The zero-order valence-corrected chi connectivity index (χ0v) is 10.6. The largest absolute Gasteiger partial charge is 0.0891 e. The molecule has 1 fully saturated rings. The molecular formula is C12H23Br. The quantitative estimate of drug-likeness (QED) is 0.498. The molecule has 0 aromatic carbocycles. The van der Waals surface area contributed by atoms with Crippen molar-refractivity contribution in [1.82, 2.24) is 0 Å². The van der Waals surface area contributed by atoms with Crippen LogP contribution >= 0.6 is 15.9 Å². The van der Waals surface area contributed by atoms with Crippen molar-refractivity contribution in [3.05, 3.63) is 0 Å². The van der Waals surface area contributed by atoms with Crippen molar-refractivity contribution in [3.8, 4) is 0 Å². The minimum atomic E-state index is 0.809. The number of alkyl halides is 1. The standard InChI is InChI=1S/C12H23Br/c1-3-10(2)8-11-6-4-5-7-12(13)9-11/h10-12H,3-9H2,1-2H3. The normalized spacial score (nSPS) is 32.5. The van der Waals surface area contributed by atoms with Gasteiger partial charge >= 0.3 is 0 Å². The average molecular weight is 247 g/mol. The fourth-order valence-corrected chi connectivity index (χ4v) is 3.20. The van der Waals surface area contributed by atoms with E-state index in [9.17, 15) is 0 Å². The monoisotopic (exact) mass is 246 g/mol. The van der Waals surface area contributed by atoms with E-state index in [1.165, 1.54) is 44.9 Å². The molecule has 3 unspecified atom stereocenters. The molecule has 1 heteroatoms. The van der Waals surface area contributed by atoms with Gasteiger partial charge in [0.15, 0.2) is 0 Å². The molecule has 0 bridgehead atoms. The molecule has 1 aliphatic rings. The summed E-state index contributed by atoms with van der Waals surface area (Å²) in [7, 11) is 0. The molecule has 0 aliphatic heterocycles. The number of hydrogen-bond donors (Lipinski definition) is 0. The zero-order chi connectivity index (χ0) is 9.68. The van der Waals surface area contributed by atoms with E-state index >= 15 is 0 Å². The van der Waals surface area contributed by atoms with E-state index in [2.05, 4.69) is 29.8 Å². The van der Waals surface area contributed by atoms with Gasteiger partial charge in [-0.25, -0.2) is 0 Å². The Morgan fingerprint density at radius 2 is 2.00 bits per heavy atom. The highest BCUT2D eigenvalue weighted by Gasteiger charge is 2.19. The predicted molar refractivity (Wildman–Crippen MR) is 63.4 cm³/mol. The molecule has 0 N–H and O–H groups in total. The van der Waals surface area contributed by atoms with Crippen molar-refractivity contribution >= 4 is 15.9 Å². The van der Waals surface area contributed by atoms with E-state index < -0.39 is 0 Å². The van der Waals surface area contributed by atoms with Gasteiger partial charge in [-0.15, -0.1) is 0 Å². The molecule has 0 saturated heterocycles. The van der Waals surface area contributed by atoms with Crippen LogP contribution in [-0.2, 0) is 0 Å². The van der Waals surface area contributed by atoms with Crippen LogP contribution in [0, 0.1) is 11.8 Å². The Bertz CT molecular complexity index is 133. The highest BCUT2D eigenvalue weighted by molar-refractivity contribution is 9.09. The lowest BCUT2D eigenvalue weighted by Gasteiger charge is -2.19. The first-order valence-electron chi connectivity index (χ1n) is 5.86. The van der Waals surface area contributed by atoms with Gasteiger partial charge in [0.05, 0.1) is 0 Å². The summed E-state index contributed by atoms with van der Waals surface area (Å²) in [4.78, 5) is 0.809. The maximum atomic E-state index is 3.79. The van der Waals surface area contributed by atoms with E-state index in [-0.39, 0.29) is 0 Å². The molecule has 0 radical (unpaired) electrons. The Labute approximate surface area is 91.6 Å². The summed E-state index contributed by atoms with van der Waals surface area (Å²) in [5, 5.41) is 0. The third-order valence-electron chi connectivity index (χ3n) is 3.40. The summed E-state index contributed by atoms with van der Waals surface area (Å²) in [6.07, 6.45) is 10.0. The summed E-state index contributed by atoms with van der Waals surface area (Å²) in [6, 6.07) is 0.